The highest BCUT2D eigenvalue weighted by molar-refractivity contribution is 8.00. The van der Waals surface area contributed by atoms with Gasteiger partial charge in [-0.05, 0) is 24.3 Å². The van der Waals surface area contributed by atoms with Crippen LogP contribution in [-0.2, 0) is 11.2 Å². The fourth-order valence-electron chi connectivity index (χ4n) is 1.54. The van der Waals surface area contributed by atoms with Gasteiger partial charge in [0.05, 0.1) is 18.1 Å². The van der Waals surface area contributed by atoms with Crippen molar-refractivity contribution in [2.24, 2.45) is 5.73 Å². The Morgan fingerprint density at radius 3 is 2.70 bits per heavy atom. The molecule has 0 radical (unpaired) electrons. The quantitative estimate of drug-likeness (QED) is 0.802. The summed E-state index contributed by atoms with van der Waals surface area (Å²) in [6, 6.07) is 5.49. The van der Waals surface area contributed by atoms with Gasteiger partial charge in [0.2, 0.25) is 0 Å². The van der Waals surface area contributed by atoms with E-state index in [0.717, 1.165) is 10.6 Å². The molecule has 1 atom stereocenters. The Morgan fingerprint density at radius 2 is 2.10 bits per heavy atom. The lowest BCUT2D eigenvalue weighted by Crippen LogP contribution is -2.34. The Kier molecular flexibility index (Phi) is 6.70. The zero-order valence-corrected chi connectivity index (χ0v) is 12.2. The number of Topliss-reactive ketones (excluding diaryl/α,β-unsaturated/α-hetero) is 1. The third kappa shape index (κ3) is 4.96. The van der Waals surface area contributed by atoms with E-state index in [4.69, 9.17) is 5.73 Å². The Labute approximate surface area is 126 Å². The second-order valence-corrected chi connectivity index (χ2v) is 5.15. The Balaban J connectivity index is 0.00000200. The van der Waals surface area contributed by atoms with Crippen molar-refractivity contribution in [3.05, 3.63) is 48.3 Å². The van der Waals surface area contributed by atoms with Crippen LogP contribution in [0.25, 0.3) is 0 Å². The average Bonchev–Trinajstić information content (AvgIpc) is 2.90. The number of rotatable bonds is 6. The number of H-pyrrole nitrogens is 1. The average molecular weight is 316 g/mol. The summed E-state index contributed by atoms with van der Waals surface area (Å²) in [4.78, 5) is 19.5. The second kappa shape index (κ2) is 8.04. The Bertz CT molecular complexity index is 533. The largest absolute Gasteiger partial charge is 0.348 e. The topological polar surface area (TPSA) is 71.8 Å². The molecule has 108 valence electrons. The van der Waals surface area contributed by atoms with E-state index in [-0.39, 0.29) is 29.8 Å². The number of hydrogen-bond donors (Lipinski definition) is 2. The summed E-state index contributed by atoms with van der Waals surface area (Å²) in [5, 5.41) is 0. The number of carbonyl (C=O) groups is 1. The number of aromatic amines is 1. The first-order valence-electron chi connectivity index (χ1n) is 5.79. The molecule has 3 N–H and O–H groups in total. The minimum absolute atomic E-state index is 0. The van der Waals surface area contributed by atoms with Crippen molar-refractivity contribution in [2.45, 2.75) is 17.4 Å². The third-order valence-corrected chi connectivity index (χ3v) is 3.64. The number of nitrogens with one attached hydrogen (secondary N) is 1. The third-order valence-electron chi connectivity index (χ3n) is 2.60. The molecule has 0 aliphatic heterocycles. The SMILES string of the molecule is Cl.N[C@@H](Cc1cnc[nH]1)C(=O)CSc1ccc(F)cc1. The molecule has 0 fully saturated rings. The van der Waals surface area contributed by atoms with E-state index in [1.165, 1.54) is 23.9 Å². The number of carbonyl (C=O) groups excluding carboxylic acids is 1. The molecule has 2 rings (SSSR count). The van der Waals surface area contributed by atoms with Crippen molar-refractivity contribution in [1.82, 2.24) is 9.97 Å². The van der Waals surface area contributed by atoms with Gasteiger partial charge in [0.1, 0.15) is 5.82 Å². The van der Waals surface area contributed by atoms with Gasteiger partial charge in [0.15, 0.2) is 5.78 Å². The van der Waals surface area contributed by atoms with E-state index in [9.17, 15) is 9.18 Å². The number of imidazole rings is 1. The zero-order valence-electron chi connectivity index (χ0n) is 10.6. The highest BCUT2D eigenvalue weighted by atomic mass is 35.5. The molecule has 1 aromatic heterocycles. The Morgan fingerprint density at radius 1 is 1.40 bits per heavy atom. The number of nitrogens with zero attached hydrogens (tertiary/aromatic N) is 1. The number of benzene rings is 1. The van der Waals surface area contributed by atoms with E-state index in [1.807, 2.05) is 0 Å². The van der Waals surface area contributed by atoms with Crippen molar-refractivity contribution >= 4 is 30.0 Å². The minimum atomic E-state index is -0.548. The lowest BCUT2D eigenvalue weighted by atomic mass is 10.1. The molecule has 0 unspecified atom stereocenters. The predicted octanol–water partition coefficient (Wildman–Crippen LogP) is 2.20. The van der Waals surface area contributed by atoms with Crippen molar-refractivity contribution in [2.75, 3.05) is 5.75 Å². The van der Waals surface area contributed by atoms with Crippen LogP contribution in [0.3, 0.4) is 0 Å². The molecule has 4 nitrogen and oxygen atoms in total. The molecule has 1 heterocycles. The van der Waals surface area contributed by atoms with Crippen LogP contribution in [0.5, 0.6) is 0 Å². The van der Waals surface area contributed by atoms with Gasteiger partial charge in [-0.1, -0.05) is 0 Å². The molecular weight excluding hydrogens is 301 g/mol. The number of hydrogen-bond acceptors (Lipinski definition) is 4. The highest BCUT2D eigenvalue weighted by Crippen LogP contribution is 2.18. The molecule has 0 aliphatic carbocycles. The monoisotopic (exact) mass is 315 g/mol. The number of halogens is 2. The smallest absolute Gasteiger partial charge is 0.160 e. The van der Waals surface area contributed by atoms with Gasteiger partial charge in [0, 0.05) is 23.2 Å². The van der Waals surface area contributed by atoms with Crippen LogP contribution in [0, 0.1) is 5.82 Å². The van der Waals surface area contributed by atoms with Crippen LogP contribution in [0.1, 0.15) is 5.69 Å². The number of thioether (sulfide) groups is 1. The number of ketones is 1. The summed E-state index contributed by atoms with van der Waals surface area (Å²) in [7, 11) is 0. The molecule has 0 saturated carbocycles. The van der Waals surface area contributed by atoms with E-state index in [2.05, 4.69) is 9.97 Å². The van der Waals surface area contributed by atoms with E-state index < -0.39 is 6.04 Å². The van der Waals surface area contributed by atoms with Crippen LogP contribution in [0.4, 0.5) is 4.39 Å². The fourth-order valence-corrected chi connectivity index (χ4v) is 2.39. The summed E-state index contributed by atoms with van der Waals surface area (Å²) in [6.07, 6.45) is 3.66. The van der Waals surface area contributed by atoms with Gasteiger partial charge in [-0.25, -0.2) is 9.37 Å². The molecule has 0 amide bonds. The predicted molar refractivity (Wildman–Crippen MR) is 79.6 cm³/mol. The first-order chi connectivity index (χ1) is 9.15. The van der Waals surface area contributed by atoms with Crippen LogP contribution in [-0.4, -0.2) is 27.5 Å². The second-order valence-electron chi connectivity index (χ2n) is 4.10. The van der Waals surface area contributed by atoms with E-state index in [0.29, 0.717) is 6.42 Å². The van der Waals surface area contributed by atoms with Crippen molar-refractivity contribution in [3.63, 3.8) is 0 Å². The van der Waals surface area contributed by atoms with Gasteiger partial charge in [-0.2, -0.15) is 0 Å². The molecule has 2 aromatic rings. The molecule has 0 bridgehead atoms. The molecular formula is C13H15ClFN3OS. The van der Waals surface area contributed by atoms with E-state index in [1.54, 1.807) is 24.7 Å². The molecule has 0 spiro atoms. The van der Waals surface area contributed by atoms with E-state index >= 15 is 0 Å². The maximum atomic E-state index is 12.7. The zero-order chi connectivity index (χ0) is 13.7. The number of nitrogens with two attached hydrogens (primary N) is 1. The van der Waals surface area contributed by atoms with Crippen molar-refractivity contribution in [3.8, 4) is 0 Å². The first kappa shape index (κ1) is 16.7. The van der Waals surface area contributed by atoms with Gasteiger partial charge in [0.25, 0.3) is 0 Å². The van der Waals surface area contributed by atoms with Gasteiger partial charge in [-0.15, -0.1) is 24.2 Å². The van der Waals surface area contributed by atoms with Crippen LogP contribution in [0.2, 0.25) is 0 Å². The summed E-state index contributed by atoms with van der Waals surface area (Å²) in [6.45, 7) is 0. The van der Waals surface area contributed by atoms with Crippen molar-refractivity contribution < 1.29 is 9.18 Å². The van der Waals surface area contributed by atoms with Gasteiger partial charge >= 0.3 is 0 Å². The van der Waals surface area contributed by atoms with Crippen LogP contribution < -0.4 is 5.73 Å². The van der Waals surface area contributed by atoms with Gasteiger partial charge < -0.3 is 10.7 Å². The highest BCUT2D eigenvalue weighted by Gasteiger charge is 2.15. The molecule has 20 heavy (non-hydrogen) atoms. The van der Waals surface area contributed by atoms with Crippen LogP contribution in [0.15, 0.2) is 41.7 Å². The lowest BCUT2D eigenvalue weighted by molar-refractivity contribution is -0.117. The molecule has 7 heteroatoms. The van der Waals surface area contributed by atoms with Gasteiger partial charge in [-0.3, -0.25) is 4.79 Å². The van der Waals surface area contributed by atoms with Crippen LogP contribution >= 0.6 is 24.2 Å². The Hall–Kier alpha value is -1.37. The fraction of sp³-hybridized carbons (Fsp3) is 0.231. The molecule has 0 saturated heterocycles. The maximum Gasteiger partial charge on any atom is 0.160 e. The summed E-state index contributed by atoms with van der Waals surface area (Å²) >= 11 is 1.36. The maximum absolute atomic E-state index is 12.7. The summed E-state index contributed by atoms with van der Waals surface area (Å²) in [5.74, 6) is -0.0449. The molecule has 0 aliphatic rings. The standard InChI is InChI=1S/C13H14FN3OS.ClH/c14-9-1-3-11(4-2-9)19-7-13(18)12(15)5-10-6-16-8-17-10;/h1-4,6,8,12H,5,7,15H2,(H,16,17);1H/t12-;/m0./s1. The normalized spacial score (nSPS) is 11.7. The molecule has 1 aromatic carbocycles. The lowest BCUT2D eigenvalue weighted by Gasteiger charge is -2.09. The summed E-state index contributed by atoms with van der Waals surface area (Å²) in [5.41, 5.74) is 6.67. The van der Waals surface area contributed by atoms with Crippen molar-refractivity contribution in [1.29, 1.82) is 0 Å². The summed E-state index contributed by atoms with van der Waals surface area (Å²) < 4.78 is 12.7. The minimum Gasteiger partial charge on any atom is -0.348 e. The first-order valence-corrected chi connectivity index (χ1v) is 6.77. The number of aromatic nitrogens is 2.